The van der Waals surface area contributed by atoms with Crippen LogP contribution in [-0.2, 0) is 11.3 Å². The van der Waals surface area contributed by atoms with E-state index in [1.54, 1.807) is 29.1 Å². The summed E-state index contributed by atoms with van der Waals surface area (Å²) in [6.07, 6.45) is 4.24. The van der Waals surface area contributed by atoms with Gasteiger partial charge >= 0.3 is 0 Å². The molecule has 24 heavy (non-hydrogen) atoms. The number of aromatic nitrogens is 2. The van der Waals surface area contributed by atoms with E-state index in [0.29, 0.717) is 19.1 Å². The van der Waals surface area contributed by atoms with Gasteiger partial charge in [0.2, 0.25) is 5.91 Å². The van der Waals surface area contributed by atoms with Gasteiger partial charge in [-0.15, -0.1) is 11.3 Å². The van der Waals surface area contributed by atoms with E-state index >= 15 is 0 Å². The van der Waals surface area contributed by atoms with Crippen molar-refractivity contribution < 1.29 is 9.90 Å². The van der Waals surface area contributed by atoms with Crippen LogP contribution >= 0.6 is 11.3 Å². The fraction of sp³-hybridized carbons (Fsp3) is 0.529. The first kappa shape index (κ1) is 17.1. The monoisotopic (exact) mass is 348 g/mol. The molecule has 1 amide bonds. The first-order valence-corrected chi connectivity index (χ1v) is 9.26. The Labute approximate surface area is 146 Å². The maximum atomic E-state index is 12.4. The summed E-state index contributed by atoms with van der Waals surface area (Å²) in [4.78, 5) is 15.8. The third kappa shape index (κ3) is 4.43. The van der Waals surface area contributed by atoms with Crippen LogP contribution < -0.4 is 5.32 Å². The number of carbonyl (C=O) groups excluding carboxylic acids is 1. The highest BCUT2D eigenvalue weighted by Gasteiger charge is 2.27. The number of aliphatic hydroxyl groups excluding tert-OH is 1. The zero-order valence-corrected chi connectivity index (χ0v) is 14.7. The highest BCUT2D eigenvalue weighted by atomic mass is 32.1. The van der Waals surface area contributed by atoms with Crippen molar-refractivity contribution in [1.82, 2.24) is 14.7 Å². The number of thiophene rings is 1. The van der Waals surface area contributed by atoms with Crippen molar-refractivity contribution in [2.45, 2.75) is 44.9 Å². The van der Waals surface area contributed by atoms with Crippen molar-refractivity contribution in [3.8, 4) is 0 Å². The molecule has 1 fully saturated rings. The molecule has 0 saturated carbocycles. The molecular weight excluding hydrogens is 324 g/mol. The van der Waals surface area contributed by atoms with Crippen LogP contribution in [0.1, 0.15) is 31.1 Å². The van der Waals surface area contributed by atoms with Crippen LogP contribution in [0.5, 0.6) is 0 Å². The lowest BCUT2D eigenvalue weighted by Gasteiger charge is -2.24. The Hall–Kier alpha value is -1.70. The minimum absolute atomic E-state index is 0.0274. The van der Waals surface area contributed by atoms with Crippen molar-refractivity contribution >= 4 is 23.1 Å². The molecule has 0 bridgehead atoms. The topological polar surface area (TPSA) is 70.4 Å². The maximum Gasteiger partial charge on any atom is 0.239 e. The smallest absolute Gasteiger partial charge is 0.239 e. The van der Waals surface area contributed by atoms with Gasteiger partial charge in [-0.1, -0.05) is 6.07 Å². The van der Waals surface area contributed by atoms with Crippen molar-refractivity contribution in [3.63, 3.8) is 0 Å². The van der Waals surface area contributed by atoms with Gasteiger partial charge < -0.3 is 10.4 Å². The molecule has 130 valence electrons. The fourth-order valence-corrected chi connectivity index (χ4v) is 3.93. The fourth-order valence-electron chi connectivity index (χ4n) is 3.25. The number of nitrogens with one attached hydrogen (secondary N) is 1. The van der Waals surface area contributed by atoms with Gasteiger partial charge in [0.1, 0.15) is 5.82 Å². The quantitative estimate of drug-likeness (QED) is 0.804. The summed E-state index contributed by atoms with van der Waals surface area (Å²) in [6.45, 7) is 3.75. The van der Waals surface area contributed by atoms with E-state index in [9.17, 15) is 9.90 Å². The number of anilines is 1. The molecule has 0 aliphatic carbocycles. The van der Waals surface area contributed by atoms with Gasteiger partial charge in [-0.2, -0.15) is 5.10 Å². The average molecular weight is 348 g/mol. The second-order valence-electron chi connectivity index (χ2n) is 6.35. The van der Waals surface area contributed by atoms with Crippen LogP contribution in [0.4, 0.5) is 5.82 Å². The molecule has 0 aromatic carbocycles. The lowest BCUT2D eigenvalue weighted by Crippen LogP contribution is -2.38. The summed E-state index contributed by atoms with van der Waals surface area (Å²) in [5, 5.41) is 18.9. The predicted molar refractivity (Wildman–Crippen MR) is 95.2 cm³/mol. The Kier molecular flexibility index (Phi) is 5.65. The predicted octanol–water partition coefficient (Wildman–Crippen LogP) is 2.17. The van der Waals surface area contributed by atoms with Crippen molar-refractivity contribution in [1.29, 1.82) is 0 Å². The number of rotatable bonds is 7. The standard InChI is InChI=1S/C17H24N4O2S/c1-13(22)10-14-4-2-8-20(14)12-17(23)19-16-6-7-18-21(16)11-15-5-3-9-24-15/h3,5-7,9,13-14,22H,2,4,8,10-12H2,1H3,(H,19,23). The second kappa shape index (κ2) is 7.92. The van der Waals surface area contributed by atoms with E-state index in [1.165, 1.54) is 4.88 Å². The molecule has 3 heterocycles. The Morgan fingerprint density at radius 3 is 3.17 bits per heavy atom. The van der Waals surface area contributed by atoms with Crippen LogP contribution in [0.3, 0.4) is 0 Å². The Bertz CT molecular complexity index is 653. The molecule has 0 radical (unpaired) electrons. The van der Waals surface area contributed by atoms with E-state index in [4.69, 9.17) is 0 Å². The van der Waals surface area contributed by atoms with Gasteiger partial charge in [0.05, 0.1) is 25.4 Å². The van der Waals surface area contributed by atoms with Crippen molar-refractivity contribution in [3.05, 3.63) is 34.7 Å². The zero-order valence-electron chi connectivity index (χ0n) is 13.9. The summed E-state index contributed by atoms with van der Waals surface area (Å²) in [7, 11) is 0. The number of amides is 1. The first-order chi connectivity index (χ1) is 11.6. The first-order valence-electron chi connectivity index (χ1n) is 8.38. The van der Waals surface area contributed by atoms with Gasteiger partial charge in [0.25, 0.3) is 0 Å². The highest BCUT2D eigenvalue weighted by molar-refractivity contribution is 7.09. The minimum atomic E-state index is -0.328. The Balaban J connectivity index is 1.56. The highest BCUT2D eigenvalue weighted by Crippen LogP contribution is 2.21. The van der Waals surface area contributed by atoms with E-state index in [2.05, 4.69) is 21.4 Å². The van der Waals surface area contributed by atoms with E-state index in [-0.39, 0.29) is 12.0 Å². The van der Waals surface area contributed by atoms with Gasteiger partial charge in [0, 0.05) is 17.0 Å². The Morgan fingerprint density at radius 1 is 1.54 bits per heavy atom. The van der Waals surface area contributed by atoms with Gasteiger partial charge in [0.15, 0.2) is 0 Å². The summed E-state index contributed by atoms with van der Waals surface area (Å²) >= 11 is 1.68. The van der Waals surface area contributed by atoms with E-state index in [0.717, 1.165) is 31.6 Å². The average Bonchev–Trinajstić information content (AvgIpc) is 3.25. The number of aliphatic hydroxyl groups is 1. The lowest BCUT2D eigenvalue weighted by molar-refractivity contribution is -0.117. The molecule has 1 saturated heterocycles. The van der Waals surface area contributed by atoms with Gasteiger partial charge in [-0.3, -0.25) is 9.69 Å². The molecule has 0 spiro atoms. The molecule has 2 N–H and O–H groups in total. The van der Waals surface area contributed by atoms with Crippen molar-refractivity contribution in [2.24, 2.45) is 0 Å². The van der Waals surface area contributed by atoms with Gasteiger partial charge in [-0.25, -0.2) is 4.68 Å². The lowest BCUT2D eigenvalue weighted by atomic mass is 10.1. The van der Waals surface area contributed by atoms with Crippen LogP contribution in [-0.4, -0.2) is 50.9 Å². The SMILES string of the molecule is CC(O)CC1CCCN1CC(=O)Nc1ccnn1Cc1cccs1. The van der Waals surface area contributed by atoms with Gasteiger partial charge in [-0.05, 0) is 44.2 Å². The van der Waals surface area contributed by atoms with Crippen LogP contribution in [0.2, 0.25) is 0 Å². The summed E-state index contributed by atoms with van der Waals surface area (Å²) < 4.78 is 1.81. The van der Waals surface area contributed by atoms with E-state index in [1.807, 2.05) is 17.5 Å². The summed E-state index contributed by atoms with van der Waals surface area (Å²) in [5.41, 5.74) is 0. The molecular formula is C17H24N4O2S. The molecule has 2 aromatic heterocycles. The Morgan fingerprint density at radius 2 is 2.42 bits per heavy atom. The maximum absolute atomic E-state index is 12.4. The molecule has 3 rings (SSSR count). The number of carbonyl (C=O) groups is 1. The third-order valence-corrected chi connectivity index (χ3v) is 5.19. The van der Waals surface area contributed by atoms with Crippen LogP contribution in [0, 0.1) is 0 Å². The minimum Gasteiger partial charge on any atom is -0.393 e. The number of likely N-dealkylation sites (tertiary alicyclic amines) is 1. The van der Waals surface area contributed by atoms with Crippen LogP contribution in [0.15, 0.2) is 29.8 Å². The van der Waals surface area contributed by atoms with Crippen molar-refractivity contribution in [2.75, 3.05) is 18.4 Å². The molecule has 2 unspecified atom stereocenters. The summed E-state index contributed by atoms with van der Waals surface area (Å²) in [5.74, 6) is 0.695. The number of hydrogen-bond acceptors (Lipinski definition) is 5. The number of hydrogen-bond donors (Lipinski definition) is 2. The zero-order chi connectivity index (χ0) is 16.9. The molecule has 2 aromatic rings. The molecule has 1 aliphatic heterocycles. The normalized spacial score (nSPS) is 19.5. The molecule has 1 aliphatic rings. The number of nitrogens with zero attached hydrogens (tertiary/aromatic N) is 3. The van der Waals surface area contributed by atoms with Crippen LogP contribution in [0.25, 0.3) is 0 Å². The largest absolute Gasteiger partial charge is 0.393 e. The molecule has 6 nitrogen and oxygen atoms in total. The third-order valence-electron chi connectivity index (χ3n) is 4.33. The summed E-state index contributed by atoms with van der Waals surface area (Å²) in [6, 6.07) is 6.19. The van der Waals surface area contributed by atoms with E-state index < -0.39 is 0 Å². The molecule has 7 heteroatoms. The second-order valence-corrected chi connectivity index (χ2v) is 7.39. The molecule has 2 atom stereocenters.